The molecule has 8 nitrogen and oxygen atoms in total. The molecule has 0 radical (unpaired) electrons. The fourth-order valence-electron chi connectivity index (χ4n) is 3.01. The van der Waals surface area contributed by atoms with Crippen molar-refractivity contribution >= 4 is 17.5 Å². The van der Waals surface area contributed by atoms with Gasteiger partial charge in [-0.05, 0) is 51.0 Å². The summed E-state index contributed by atoms with van der Waals surface area (Å²) in [7, 11) is 0. The number of aryl methyl sites for hydroxylation is 1. The topological polar surface area (TPSA) is 108 Å². The normalized spacial score (nSPS) is 12.1. The fourth-order valence-corrected chi connectivity index (χ4v) is 3.01. The Morgan fingerprint density at radius 1 is 1.33 bits per heavy atom. The number of nitrogens with zero attached hydrogens (tertiary/aromatic N) is 4. The van der Waals surface area contributed by atoms with Crippen LogP contribution < -0.4 is 15.8 Å². The third-order valence-electron chi connectivity index (χ3n) is 4.43. The van der Waals surface area contributed by atoms with Gasteiger partial charge in [-0.3, -0.25) is 9.48 Å². The molecule has 0 aliphatic heterocycles. The summed E-state index contributed by atoms with van der Waals surface area (Å²) in [5, 5.41) is 7.24. The van der Waals surface area contributed by atoms with Gasteiger partial charge in [-0.25, -0.2) is 14.4 Å². The average molecular weight is 412 g/mol. The maximum Gasteiger partial charge on any atom is 0.242 e. The van der Waals surface area contributed by atoms with Crippen molar-refractivity contribution in [2.75, 3.05) is 5.32 Å². The molecule has 0 aliphatic rings. The van der Waals surface area contributed by atoms with E-state index in [1.807, 2.05) is 27.7 Å². The lowest BCUT2D eigenvalue weighted by Gasteiger charge is -2.12. The van der Waals surface area contributed by atoms with Crippen LogP contribution >= 0.6 is 0 Å². The molecule has 0 saturated carbocycles. The van der Waals surface area contributed by atoms with Gasteiger partial charge in [-0.15, -0.1) is 0 Å². The predicted molar refractivity (Wildman–Crippen MR) is 112 cm³/mol. The van der Waals surface area contributed by atoms with E-state index in [2.05, 4.69) is 20.4 Å². The molecule has 3 N–H and O–H groups in total. The standard InChI is InChI=1S/C21H25FN6O2/c1-5-17(20(23)29)28-11-15(10-25-28)26-21-24-9-13(4)19(27-21)14-6-7-18(16(22)8-14)30-12(2)3/h6-12,17H,5H2,1-4H3,(H2,23,29)(H,24,26,27). The molecule has 2 aromatic heterocycles. The van der Waals surface area contributed by atoms with Crippen molar-refractivity contribution in [1.82, 2.24) is 19.7 Å². The molecule has 1 aromatic carbocycles. The van der Waals surface area contributed by atoms with Crippen molar-refractivity contribution in [3.05, 3.63) is 48.2 Å². The molecular formula is C21H25FN6O2. The molecule has 0 spiro atoms. The Kier molecular flexibility index (Phi) is 6.29. The Labute approximate surface area is 174 Å². The lowest BCUT2D eigenvalue weighted by molar-refractivity contribution is -0.121. The van der Waals surface area contributed by atoms with Crippen molar-refractivity contribution in [3.8, 4) is 17.0 Å². The first-order chi connectivity index (χ1) is 14.3. The highest BCUT2D eigenvalue weighted by Crippen LogP contribution is 2.28. The van der Waals surface area contributed by atoms with Gasteiger partial charge in [0.05, 0.1) is 23.7 Å². The van der Waals surface area contributed by atoms with Crippen LogP contribution in [0, 0.1) is 12.7 Å². The smallest absolute Gasteiger partial charge is 0.242 e. The highest BCUT2D eigenvalue weighted by atomic mass is 19.1. The molecular weight excluding hydrogens is 387 g/mol. The Morgan fingerprint density at radius 3 is 2.73 bits per heavy atom. The second kappa shape index (κ2) is 8.89. The minimum absolute atomic E-state index is 0.121. The molecule has 3 rings (SSSR count). The van der Waals surface area contributed by atoms with E-state index in [1.165, 1.54) is 10.7 Å². The first-order valence-corrected chi connectivity index (χ1v) is 9.69. The van der Waals surface area contributed by atoms with Gasteiger partial charge in [0.2, 0.25) is 11.9 Å². The second-order valence-electron chi connectivity index (χ2n) is 7.20. The van der Waals surface area contributed by atoms with E-state index in [1.54, 1.807) is 30.7 Å². The minimum Gasteiger partial charge on any atom is -0.488 e. The van der Waals surface area contributed by atoms with Gasteiger partial charge >= 0.3 is 0 Å². The number of benzene rings is 1. The molecule has 0 saturated heterocycles. The lowest BCUT2D eigenvalue weighted by atomic mass is 10.1. The van der Waals surface area contributed by atoms with Gasteiger partial charge in [-0.2, -0.15) is 5.10 Å². The quantitative estimate of drug-likeness (QED) is 0.583. The van der Waals surface area contributed by atoms with Crippen molar-refractivity contribution in [2.45, 2.75) is 46.3 Å². The number of ether oxygens (including phenoxy) is 1. The van der Waals surface area contributed by atoms with Gasteiger partial charge in [0, 0.05) is 18.0 Å². The largest absolute Gasteiger partial charge is 0.488 e. The molecule has 1 atom stereocenters. The summed E-state index contributed by atoms with van der Waals surface area (Å²) >= 11 is 0. The fraction of sp³-hybridized carbons (Fsp3) is 0.333. The Bertz CT molecular complexity index is 1050. The van der Waals surface area contributed by atoms with E-state index in [-0.39, 0.29) is 11.9 Å². The van der Waals surface area contributed by atoms with E-state index in [0.717, 1.165) is 5.56 Å². The highest BCUT2D eigenvalue weighted by molar-refractivity contribution is 5.78. The first kappa shape index (κ1) is 21.2. The zero-order chi connectivity index (χ0) is 21.8. The molecule has 0 aliphatic carbocycles. The van der Waals surface area contributed by atoms with E-state index < -0.39 is 17.8 Å². The van der Waals surface area contributed by atoms with Crippen LogP contribution in [0.2, 0.25) is 0 Å². The molecule has 9 heteroatoms. The summed E-state index contributed by atoms with van der Waals surface area (Å²) in [5.41, 5.74) is 8.02. The number of hydrogen-bond donors (Lipinski definition) is 2. The minimum atomic E-state index is -0.524. The van der Waals surface area contributed by atoms with Crippen molar-refractivity contribution < 1.29 is 13.9 Å². The summed E-state index contributed by atoms with van der Waals surface area (Å²) < 4.78 is 21.4. The first-order valence-electron chi connectivity index (χ1n) is 9.69. The summed E-state index contributed by atoms with van der Waals surface area (Å²) in [6.07, 6.45) is 5.30. The number of hydrogen-bond acceptors (Lipinski definition) is 6. The van der Waals surface area contributed by atoms with Gasteiger partial charge in [0.25, 0.3) is 0 Å². The maximum atomic E-state index is 14.4. The van der Waals surface area contributed by atoms with Crippen LogP contribution in [0.4, 0.5) is 16.0 Å². The zero-order valence-corrected chi connectivity index (χ0v) is 17.4. The Balaban J connectivity index is 1.85. The van der Waals surface area contributed by atoms with Crippen LogP contribution in [-0.2, 0) is 4.79 Å². The van der Waals surface area contributed by atoms with Crippen molar-refractivity contribution in [2.24, 2.45) is 5.73 Å². The maximum absolute atomic E-state index is 14.4. The summed E-state index contributed by atoms with van der Waals surface area (Å²) in [5.74, 6) is -0.378. The summed E-state index contributed by atoms with van der Waals surface area (Å²) in [4.78, 5) is 20.3. The van der Waals surface area contributed by atoms with E-state index >= 15 is 0 Å². The molecule has 1 unspecified atom stereocenters. The molecule has 30 heavy (non-hydrogen) atoms. The van der Waals surface area contributed by atoms with Crippen LogP contribution in [0.1, 0.15) is 38.8 Å². The monoisotopic (exact) mass is 412 g/mol. The van der Waals surface area contributed by atoms with Crippen LogP contribution in [0.25, 0.3) is 11.3 Å². The number of nitrogens with one attached hydrogen (secondary N) is 1. The third-order valence-corrected chi connectivity index (χ3v) is 4.43. The number of nitrogens with two attached hydrogens (primary N) is 1. The molecule has 1 amide bonds. The van der Waals surface area contributed by atoms with Crippen LogP contribution in [0.15, 0.2) is 36.8 Å². The van der Waals surface area contributed by atoms with Gasteiger partial charge in [0.1, 0.15) is 6.04 Å². The molecule has 3 aromatic rings. The molecule has 0 bridgehead atoms. The van der Waals surface area contributed by atoms with E-state index in [9.17, 15) is 9.18 Å². The lowest BCUT2D eigenvalue weighted by Crippen LogP contribution is -2.26. The predicted octanol–water partition coefficient (Wildman–Crippen LogP) is 3.75. The summed E-state index contributed by atoms with van der Waals surface area (Å²) in [6.45, 7) is 7.39. The number of aromatic nitrogens is 4. The van der Waals surface area contributed by atoms with Crippen LogP contribution in [0.5, 0.6) is 5.75 Å². The van der Waals surface area contributed by atoms with E-state index in [4.69, 9.17) is 10.5 Å². The van der Waals surface area contributed by atoms with Crippen LogP contribution in [0.3, 0.4) is 0 Å². The molecule has 158 valence electrons. The number of carbonyl (C=O) groups is 1. The second-order valence-corrected chi connectivity index (χ2v) is 7.20. The van der Waals surface area contributed by atoms with Gasteiger partial charge in [0.15, 0.2) is 11.6 Å². The molecule has 2 heterocycles. The average Bonchev–Trinajstić information content (AvgIpc) is 3.13. The Hall–Kier alpha value is -3.49. The van der Waals surface area contributed by atoms with Crippen molar-refractivity contribution in [1.29, 1.82) is 0 Å². The summed E-state index contributed by atoms with van der Waals surface area (Å²) in [6, 6.07) is 4.23. The number of primary amides is 1. The van der Waals surface area contributed by atoms with Crippen molar-refractivity contribution in [3.63, 3.8) is 0 Å². The number of anilines is 2. The Morgan fingerprint density at radius 2 is 2.10 bits per heavy atom. The number of halogens is 1. The third kappa shape index (κ3) is 4.73. The van der Waals surface area contributed by atoms with Gasteiger partial charge < -0.3 is 15.8 Å². The van der Waals surface area contributed by atoms with E-state index in [0.29, 0.717) is 29.3 Å². The number of carbonyl (C=O) groups excluding carboxylic acids is 1. The highest BCUT2D eigenvalue weighted by Gasteiger charge is 2.17. The van der Waals surface area contributed by atoms with Gasteiger partial charge in [-0.1, -0.05) is 6.92 Å². The number of amides is 1. The van der Waals surface area contributed by atoms with Crippen LogP contribution in [-0.4, -0.2) is 31.8 Å². The number of rotatable bonds is 8. The molecule has 0 fully saturated rings. The SMILES string of the molecule is CCC(C(N)=O)n1cc(Nc2ncc(C)c(-c3ccc(OC(C)C)c(F)c3)n2)cn1. The zero-order valence-electron chi connectivity index (χ0n) is 17.4.